The van der Waals surface area contributed by atoms with Crippen molar-refractivity contribution in [3.05, 3.63) is 41.0 Å². The number of Topliss-reactive ketones (excluding diaryl/α,β-unsaturated/α-hetero) is 1. The summed E-state index contributed by atoms with van der Waals surface area (Å²) in [6.45, 7) is 5.87. The van der Waals surface area contributed by atoms with Crippen LogP contribution in [0.4, 0.5) is 0 Å². The Morgan fingerprint density at radius 1 is 1.14 bits per heavy atom. The average Bonchev–Trinajstić information content (AvgIpc) is 2.23. The second-order valence-electron chi connectivity index (χ2n) is 3.13. The molecule has 0 heterocycles. The minimum atomic E-state index is 0.244. The Hall–Kier alpha value is -1.37. The molecule has 0 atom stereocenters. The number of rotatable bonds is 0. The third-order valence-electron chi connectivity index (χ3n) is 2.22. The summed E-state index contributed by atoms with van der Waals surface area (Å²) in [5.41, 5.74) is 3.21. The number of hydrogen-bond acceptors (Lipinski definition) is 1. The fraction of sp³-hybridized carbons (Fsp3) is 0.308. The molecule has 1 aliphatic carbocycles. The predicted octanol–water partition coefficient (Wildman–Crippen LogP) is 3.24. The molecule has 0 unspecified atom stereocenters. The fourth-order valence-electron chi connectivity index (χ4n) is 1.46. The van der Waals surface area contributed by atoms with Crippen LogP contribution >= 0.6 is 0 Å². The number of benzene rings is 1. The molecule has 1 aromatic rings. The maximum atomic E-state index is 11.3. The van der Waals surface area contributed by atoms with Gasteiger partial charge in [-0.3, -0.25) is 4.79 Å². The second-order valence-corrected chi connectivity index (χ2v) is 3.13. The Bertz CT molecular complexity index is 361. The van der Waals surface area contributed by atoms with E-state index in [0.717, 1.165) is 11.1 Å². The Balaban J connectivity index is 0.000000461. The summed E-state index contributed by atoms with van der Waals surface area (Å²) in [7, 11) is 0. The van der Waals surface area contributed by atoms with Crippen molar-refractivity contribution < 1.29 is 4.79 Å². The summed E-state index contributed by atoms with van der Waals surface area (Å²) >= 11 is 0. The highest BCUT2D eigenvalue weighted by Crippen LogP contribution is 2.20. The second kappa shape index (κ2) is 4.75. The molecule has 1 aliphatic rings. The highest BCUT2D eigenvalue weighted by molar-refractivity contribution is 6.03. The van der Waals surface area contributed by atoms with Crippen molar-refractivity contribution in [3.8, 4) is 0 Å². The van der Waals surface area contributed by atoms with Gasteiger partial charge in [0, 0.05) is 6.42 Å². The molecule has 14 heavy (non-hydrogen) atoms. The average molecular weight is 188 g/mol. The molecule has 0 aromatic heterocycles. The zero-order valence-electron chi connectivity index (χ0n) is 9.00. The van der Waals surface area contributed by atoms with Crippen LogP contribution in [0.25, 0.3) is 6.08 Å². The van der Waals surface area contributed by atoms with Crippen LogP contribution in [0.2, 0.25) is 0 Å². The Labute approximate surface area is 85.5 Å². The molecule has 0 amide bonds. The van der Waals surface area contributed by atoms with Crippen molar-refractivity contribution in [3.63, 3.8) is 0 Å². The van der Waals surface area contributed by atoms with Crippen molar-refractivity contribution in [2.24, 2.45) is 0 Å². The molecule has 0 aliphatic heterocycles. The van der Waals surface area contributed by atoms with E-state index in [0.29, 0.717) is 6.42 Å². The molecule has 1 nitrogen and oxygen atoms in total. The lowest BCUT2D eigenvalue weighted by Gasteiger charge is -2.11. The van der Waals surface area contributed by atoms with Crippen molar-refractivity contribution in [1.29, 1.82) is 0 Å². The third-order valence-corrected chi connectivity index (χ3v) is 2.22. The van der Waals surface area contributed by atoms with Gasteiger partial charge in [0.25, 0.3) is 0 Å². The minimum Gasteiger partial charge on any atom is -0.294 e. The Morgan fingerprint density at radius 2 is 1.79 bits per heavy atom. The van der Waals surface area contributed by atoms with E-state index < -0.39 is 0 Å². The molecule has 0 spiro atoms. The molecule has 2 rings (SSSR count). The van der Waals surface area contributed by atoms with Crippen LogP contribution in [-0.4, -0.2) is 5.78 Å². The largest absolute Gasteiger partial charge is 0.294 e. The van der Waals surface area contributed by atoms with Gasteiger partial charge in [-0.15, -0.1) is 0 Å². The SMILES string of the molecule is CC.CC1=Cc2ccccc2CC1=O. The summed E-state index contributed by atoms with van der Waals surface area (Å²) in [6.07, 6.45) is 2.53. The van der Waals surface area contributed by atoms with Gasteiger partial charge in [-0.05, 0) is 29.7 Å². The van der Waals surface area contributed by atoms with Crippen LogP contribution in [0.5, 0.6) is 0 Å². The Kier molecular flexibility index (Phi) is 3.63. The summed E-state index contributed by atoms with van der Waals surface area (Å²) in [5, 5.41) is 0. The van der Waals surface area contributed by atoms with Crippen LogP contribution in [0, 0.1) is 0 Å². The predicted molar refractivity (Wildman–Crippen MR) is 60.2 cm³/mol. The highest BCUT2D eigenvalue weighted by Gasteiger charge is 2.13. The van der Waals surface area contributed by atoms with Gasteiger partial charge in [0.05, 0.1) is 0 Å². The van der Waals surface area contributed by atoms with Crippen molar-refractivity contribution in [1.82, 2.24) is 0 Å². The maximum Gasteiger partial charge on any atom is 0.162 e. The van der Waals surface area contributed by atoms with Crippen LogP contribution in [0.3, 0.4) is 0 Å². The summed E-state index contributed by atoms with van der Waals surface area (Å²) in [4.78, 5) is 11.3. The molecule has 0 saturated carbocycles. The van der Waals surface area contributed by atoms with Gasteiger partial charge in [-0.25, -0.2) is 0 Å². The molecule has 0 fully saturated rings. The first-order chi connectivity index (χ1) is 6.77. The zero-order chi connectivity index (χ0) is 10.6. The number of fused-ring (bicyclic) bond motifs is 1. The molecular formula is C13H16O. The van der Waals surface area contributed by atoms with E-state index in [2.05, 4.69) is 0 Å². The van der Waals surface area contributed by atoms with E-state index in [9.17, 15) is 4.79 Å². The van der Waals surface area contributed by atoms with Crippen molar-refractivity contribution in [2.45, 2.75) is 27.2 Å². The summed E-state index contributed by atoms with van der Waals surface area (Å²) < 4.78 is 0. The minimum absolute atomic E-state index is 0.244. The smallest absolute Gasteiger partial charge is 0.162 e. The summed E-state index contributed by atoms with van der Waals surface area (Å²) in [5.74, 6) is 0.244. The van der Waals surface area contributed by atoms with E-state index in [4.69, 9.17) is 0 Å². The van der Waals surface area contributed by atoms with E-state index in [-0.39, 0.29) is 5.78 Å². The zero-order valence-corrected chi connectivity index (χ0v) is 9.00. The lowest BCUT2D eigenvalue weighted by atomic mass is 9.92. The molecule has 0 saturated heterocycles. The first-order valence-corrected chi connectivity index (χ1v) is 5.07. The van der Waals surface area contributed by atoms with Crippen LogP contribution in [0.1, 0.15) is 31.9 Å². The van der Waals surface area contributed by atoms with Gasteiger partial charge in [-0.2, -0.15) is 0 Å². The molecule has 0 radical (unpaired) electrons. The Morgan fingerprint density at radius 3 is 2.50 bits per heavy atom. The quantitative estimate of drug-likeness (QED) is 0.611. The number of allylic oxidation sites excluding steroid dienone is 1. The van der Waals surface area contributed by atoms with E-state index in [1.54, 1.807) is 0 Å². The normalized spacial score (nSPS) is 13.6. The topological polar surface area (TPSA) is 17.1 Å². The van der Waals surface area contributed by atoms with Crippen molar-refractivity contribution in [2.75, 3.05) is 0 Å². The fourth-order valence-corrected chi connectivity index (χ4v) is 1.46. The number of ketones is 1. The molecule has 0 N–H and O–H groups in total. The van der Waals surface area contributed by atoms with Gasteiger partial charge in [0.2, 0.25) is 0 Å². The van der Waals surface area contributed by atoms with Gasteiger partial charge < -0.3 is 0 Å². The van der Waals surface area contributed by atoms with Gasteiger partial charge in [0.15, 0.2) is 5.78 Å². The number of carbonyl (C=O) groups excluding carboxylic acids is 1. The molecule has 1 aromatic carbocycles. The van der Waals surface area contributed by atoms with Crippen molar-refractivity contribution >= 4 is 11.9 Å². The van der Waals surface area contributed by atoms with Gasteiger partial charge in [0.1, 0.15) is 0 Å². The number of hydrogen-bond donors (Lipinski definition) is 0. The molecule has 0 bridgehead atoms. The highest BCUT2D eigenvalue weighted by atomic mass is 16.1. The molecular weight excluding hydrogens is 172 g/mol. The standard InChI is InChI=1S/C11H10O.C2H6/c1-8-6-9-4-2-3-5-10(9)7-11(8)12;1-2/h2-6H,7H2,1H3;1-2H3. The van der Waals surface area contributed by atoms with Crippen LogP contribution in [-0.2, 0) is 11.2 Å². The number of carbonyl (C=O) groups is 1. The third kappa shape index (κ3) is 2.11. The lowest BCUT2D eigenvalue weighted by molar-refractivity contribution is -0.114. The van der Waals surface area contributed by atoms with E-state index >= 15 is 0 Å². The lowest BCUT2D eigenvalue weighted by Crippen LogP contribution is -2.09. The van der Waals surface area contributed by atoms with Crippen LogP contribution < -0.4 is 0 Å². The monoisotopic (exact) mass is 188 g/mol. The summed E-state index contributed by atoms with van der Waals surface area (Å²) in [6, 6.07) is 8.03. The first kappa shape index (κ1) is 10.7. The van der Waals surface area contributed by atoms with Gasteiger partial charge in [-0.1, -0.05) is 38.1 Å². The first-order valence-electron chi connectivity index (χ1n) is 5.07. The van der Waals surface area contributed by atoms with E-state index in [1.807, 2.05) is 51.1 Å². The van der Waals surface area contributed by atoms with Crippen LogP contribution in [0.15, 0.2) is 29.8 Å². The maximum absolute atomic E-state index is 11.3. The molecule has 1 heteroatoms. The van der Waals surface area contributed by atoms with Gasteiger partial charge >= 0.3 is 0 Å². The van der Waals surface area contributed by atoms with E-state index in [1.165, 1.54) is 5.56 Å². The molecule has 74 valence electrons.